The number of fused-ring (bicyclic) bond motifs is 1. The largest absolute Gasteiger partial charge is 0.509 e. The summed E-state index contributed by atoms with van der Waals surface area (Å²) in [6.45, 7) is 7.84. The van der Waals surface area contributed by atoms with Crippen molar-refractivity contribution in [3.63, 3.8) is 0 Å². The van der Waals surface area contributed by atoms with Crippen LogP contribution >= 0.6 is 0 Å². The number of benzene rings is 3. The first-order valence-electron chi connectivity index (χ1n) is 13.8. The van der Waals surface area contributed by atoms with Crippen molar-refractivity contribution in [3.8, 4) is 11.1 Å². The molecule has 8 nitrogen and oxygen atoms in total. The molecule has 2 heterocycles. The van der Waals surface area contributed by atoms with E-state index in [1.807, 2.05) is 30.3 Å². The van der Waals surface area contributed by atoms with Crippen LogP contribution in [0.25, 0.3) is 11.1 Å². The zero-order chi connectivity index (χ0) is 28.1. The average molecular weight is 544 g/mol. The molecule has 0 spiro atoms. The van der Waals surface area contributed by atoms with Crippen molar-refractivity contribution in [2.24, 2.45) is 0 Å². The Morgan fingerprint density at radius 3 is 2.35 bits per heavy atom. The Labute approximate surface area is 235 Å². The highest BCUT2D eigenvalue weighted by molar-refractivity contribution is 5.68. The highest BCUT2D eigenvalue weighted by Crippen LogP contribution is 2.27. The van der Waals surface area contributed by atoms with E-state index in [4.69, 9.17) is 14.2 Å². The van der Waals surface area contributed by atoms with E-state index in [0.29, 0.717) is 19.5 Å². The third-order valence-corrected chi connectivity index (χ3v) is 7.08. The second kappa shape index (κ2) is 12.1. The molecule has 8 heteroatoms. The van der Waals surface area contributed by atoms with Crippen LogP contribution in [0.15, 0.2) is 72.8 Å². The predicted octanol–water partition coefficient (Wildman–Crippen LogP) is 5.09. The molecule has 210 valence electrons. The fourth-order valence-electron chi connectivity index (χ4n) is 5.11. The van der Waals surface area contributed by atoms with E-state index in [1.165, 1.54) is 16.7 Å². The molecule has 1 saturated heterocycles. The van der Waals surface area contributed by atoms with Crippen LogP contribution in [0.2, 0.25) is 0 Å². The van der Waals surface area contributed by atoms with Crippen molar-refractivity contribution in [3.05, 3.63) is 95.1 Å². The van der Waals surface area contributed by atoms with Gasteiger partial charge >= 0.3 is 12.2 Å². The molecule has 0 saturated carbocycles. The first-order chi connectivity index (χ1) is 19.2. The van der Waals surface area contributed by atoms with Gasteiger partial charge in [-0.25, -0.2) is 9.59 Å². The first kappa shape index (κ1) is 27.7. The summed E-state index contributed by atoms with van der Waals surface area (Å²) in [7, 11) is 0. The van der Waals surface area contributed by atoms with E-state index in [-0.39, 0.29) is 6.04 Å². The Hall–Kier alpha value is -3.88. The average Bonchev–Trinajstić information content (AvgIpc) is 3.54. The Balaban J connectivity index is 1.26. The van der Waals surface area contributed by atoms with Crippen LogP contribution < -0.4 is 16.0 Å². The van der Waals surface area contributed by atoms with Crippen LogP contribution in [0.1, 0.15) is 43.0 Å². The number of ether oxygens (including phenoxy) is 3. The summed E-state index contributed by atoms with van der Waals surface area (Å²) in [5.41, 5.74) is 6.39. The number of rotatable bonds is 7. The SMILES string of the molecule is CC(C)(C)OC(=O)O[C@H]1CNC(Cc2ccc(-c3ccc4c(c3)CNC4)cc2)[C@@H]1OC(=O)NCc1ccccc1. The molecule has 3 aromatic rings. The number of hydrogen-bond donors (Lipinski definition) is 3. The molecular formula is C32H37N3O5. The van der Waals surface area contributed by atoms with Gasteiger partial charge in [-0.15, -0.1) is 0 Å². The number of amides is 1. The van der Waals surface area contributed by atoms with Gasteiger partial charge in [0.1, 0.15) is 5.60 Å². The van der Waals surface area contributed by atoms with Crippen LogP contribution in [-0.4, -0.2) is 42.6 Å². The zero-order valence-corrected chi connectivity index (χ0v) is 23.2. The molecule has 1 amide bonds. The van der Waals surface area contributed by atoms with E-state index < -0.39 is 30.1 Å². The predicted molar refractivity (Wildman–Crippen MR) is 153 cm³/mol. The molecule has 1 unspecified atom stereocenters. The number of carbonyl (C=O) groups excluding carboxylic acids is 2. The topological polar surface area (TPSA) is 97.9 Å². The third-order valence-electron chi connectivity index (χ3n) is 7.08. The summed E-state index contributed by atoms with van der Waals surface area (Å²) < 4.78 is 16.8. The minimum Gasteiger partial charge on any atom is -0.441 e. The maximum absolute atomic E-state index is 12.8. The Morgan fingerprint density at radius 2 is 1.60 bits per heavy atom. The van der Waals surface area contributed by atoms with Crippen LogP contribution in [0.4, 0.5) is 9.59 Å². The van der Waals surface area contributed by atoms with Crippen LogP contribution in [-0.2, 0) is 40.3 Å². The second-order valence-corrected chi connectivity index (χ2v) is 11.3. The number of alkyl carbamates (subject to hydrolysis) is 1. The molecule has 2 aliphatic rings. The van der Waals surface area contributed by atoms with Gasteiger partial charge in [-0.05, 0) is 66.6 Å². The minimum atomic E-state index is -0.785. The smallest absolute Gasteiger partial charge is 0.441 e. The van der Waals surface area contributed by atoms with Gasteiger partial charge < -0.3 is 30.2 Å². The lowest BCUT2D eigenvalue weighted by Crippen LogP contribution is -2.43. The molecule has 2 aliphatic heterocycles. The quantitative estimate of drug-likeness (QED) is 0.357. The monoisotopic (exact) mass is 543 g/mol. The summed E-state index contributed by atoms with van der Waals surface area (Å²) in [5.74, 6) is 0. The Kier molecular flexibility index (Phi) is 8.38. The molecule has 3 atom stereocenters. The van der Waals surface area contributed by atoms with Gasteiger partial charge in [0.25, 0.3) is 0 Å². The minimum absolute atomic E-state index is 0.244. The summed E-state index contributed by atoms with van der Waals surface area (Å²) in [6, 6.07) is 24.4. The summed E-state index contributed by atoms with van der Waals surface area (Å²) in [5, 5.41) is 9.57. The zero-order valence-electron chi connectivity index (χ0n) is 23.2. The number of carbonyl (C=O) groups is 2. The lowest BCUT2D eigenvalue weighted by Gasteiger charge is -2.26. The Morgan fingerprint density at radius 1 is 0.875 bits per heavy atom. The van der Waals surface area contributed by atoms with E-state index in [9.17, 15) is 9.59 Å². The van der Waals surface area contributed by atoms with E-state index in [0.717, 1.165) is 29.8 Å². The fraction of sp³-hybridized carbons (Fsp3) is 0.375. The van der Waals surface area contributed by atoms with Crippen molar-refractivity contribution in [2.45, 2.75) is 70.7 Å². The van der Waals surface area contributed by atoms with E-state index >= 15 is 0 Å². The summed E-state index contributed by atoms with van der Waals surface area (Å²) in [4.78, 5) is 25.2. The normalized spacial score (nSPS) is 20.0. The van der Waals surface area contributed by atoms with Crippen molar-refractivity contribution in [1.82, 2.24) is 16.0 Å². The molecular weight excluding hydrogens is 506 g/mol. The second-order valence-electron chi connectivity index (χ2n) is 11.3. The lowest BCUT2D eigenvalue weighted by atomic mass is 9.97. The van der Waals surface area contributed by atoms with Crippen LogP contribution in [0.5, 0.6) is 0 Å². The van der Waals surface area contributed by atoms with Crippen molar-refractivity contribution in [2.75, 3.05) is 6.54 Å². The summed E-state index contributed by atoms with van der Waals surface area (Å²) in [6.07, 6.45) is -2.12. The molecule has 0 aliphatic carbocycles. The molecule has 3 aromatic carbocycles. The van der Waals surface area contributed by atoms with Gasteiger partial charge in [-0.3, -0.25) is 0 Å². The highest BCUT2D eigenvalue weighted by atomic mass is 16.7. The summed E-state index contributed by atoms with van der Waals surface area (Å²) >= 11 is 0. The maximum Gasteiger partial charge on any atom is 0.509 e. The standard InChI is InChI=1S/C32H37N3O5/c1-32(2,3)40-31(37)38-28-20-34-27(29(28)39-30(36)35-17-22-7-5-4-6-8-22)15-21-9-11-23(12-10-21)24-13-14-25-18-33-19-26(25)16-24/h4-14,16,27-29,33-34H,15,17-20H2,1-3H3,(H,35,36)/t27?,28-,29-/m0/s1. The lowest BCUT2D eigenvalue weighted by molar-refractivity contribution is -0.0518. The molecule has 0 radical (unpaired) electrons. The van der Waals surface area contributed by atoms with Gasteiger partial charge in [0.2, 0.25) is 0 Å². The van der Waals surface area contributed by atoms with Crippen molar-refractivity contribution < 1.29 is 23.8 Å². The number of nitrogens with one attached hydrogen (secondary N) is 3. The molecule has 40 heavy (non-hydrogen) atoms. The van der Waals surface area contributed by atoms with E-state index in [2.05, 4.69) is 58.4 Å². The van der Waals surface area contributed by atoms with Gasteiger partial charge in [0, 0.05) is 26.2 Å². The van der Waals surface area contributed by atoms with Crippen LogP contribution in [0, 0.1) is 0 Å². The fourth-order valence-corrected chi connectivity index (χ4v) is 5.11. The molecule has 1 fully saturated rings. The molecule has 0 bridgehead atoms. The third kappa shape index (κ3) is 7.20. The first-order valence-corrected chi connectivity index (χ1v) is 13.8. The van der Waals surface area contributed by atoms with Gasteiger partial charge in [0.05, 0.1) is 6.04 Å². The van der Waals surface area contributed by atoms with Crippen LogP contribution in [0.3, 0.4) is 0 Å². The highest BCUT2D eigenvalue weighted by Gasteiger charge is 2.42. The number of hydrogen-bond acceptors (Lipinski definition) is 7. The van der Waals surface area contributed by atoms with Gasteiger partial charge in [0.15, 0.2) is 12.2 Å². The van der Waals surface area contributed by atoms with E-state index in [1.54, 1.807) is 20.8 Å². The van der Waals surface area contributed by atoms with Crippen molar-refractivity contribution in [1.29, 1.82) is 0 Å². The maximum atomic E-state index is 12.8. The molecule has 3 N–H and O–H groups in total. The molecule has 0 aromatic heterocycles. The van der Waals surface area contributed by atoms with Crippen molar-refractivity contribution >= 4 is 12.2 Å². The molecule has 5 rings (SSSR count). The Bertz CT molecular complexity index is 1320. The van der Waals surface area contributed by atoms with Gasteiger partial charge in [-0.1, -0.05) is 66.7 Å². The van der Waals surface area contributed by atoms with Gasteiger partial charge in [-0.2, -0.15) is 0 Å².